The number of fused-ring (bicyclic) bond motifs is 13. The lowest BCUT2D eigenvalue weighted by molar-refractivity contribution is 0.660. The minimum Gasteiger partial charge on any atom is -0.455 e. The molecule has 0 fully saturated rings. The van der Waals surface area contributed by atoms with Crippen molar-refractivity contribution in [2.75, 3.05) is 9.80 Å². The smallest absolute Gasteiger partial charge is 0.143 e. The zero-order chi connectivity index (χ0) is 83.9. The Kier molecular flexibility index (Phi) is 18.4. The molecule has 126 heavy (non-hydrogen) atoms. The summed E-state index contributed by atoms with van der Waals surface area (Å²) in [5.41, 5.74) is 39.4. The minimum absolute atomic E-state index is 0.137. The van der Waals surface area contributed by atoms with Crippen molar-refractivity contribution in [3.05, 3.63) is 541 Å². The number of hydrogen-bond acceptors (Lipinski definition) is 3. The maximum absolute atomic E-state index is 6.85. The molecule has 1 heterocycles. The molecule has 3 aliphatic carbocycles. The number of para-hydroxylation sites is 3. The SMILES string of the molecule is CC1(C)c2ccccc2-c2ccc(N(c3ccc(-c4ccccc4)cc3)c3ccc(-c4ccc(-c5cccc6c5oc5ccccc56)c5c4-c4ccccc4C5(c4ccccc4)c4ccccc4)cc3)cc21.c1ccc(-c2ccc(N(c3ccc4c(c3)-c3ccccc3C4(c3ccccc3)c3cccc4ccccc34)c3ccccc3-c3ccccc3)cc2)cc1. The molecule has 3 nitrogen and oxygen atoms in total. The molecule has 3 heteroatoms. The van der Waals surface area contributed by atoms with Crippen molar-refractivity contribution < 1.29 is 4.42 Å². The van der Waals surface area contributed by atoms with Crippen molar-refractivity contribution in [3.63, 3.8) is 0 Å². The van der Waals surface area contributed by atoms with Gasteiger partial charge in [0.15, 0.2) is 0 Å². The van der Waals surface area contributed by atoms with E-state index in [-0.39, 0.29) is 5.41 Å². The number of benzene rings is 20. The molecule has 0 radical (unpaired) electrons. The third-order valence-electron chi connectivity index (χ3n) is 26.9. The number of nitrogens with zero attached hydrogens (tertiary/aromatic N) is 2. The highest BCUT2D eigenvalue weighted by atomic mass is 16.3. The average Bonchev–Trinajstić information content (AvgIpc) is 1.52. The van der Waals surface area contributed by atoms with Crippen LogP contribution in [0.5, 0.6) is 0 Å². The van der Waals surface area contributed by atoms with Crippen LogP contribution in [0.1, 0.15) is 69.5 Å². The number of rotatable bonds is 15. The molecule has 1 atom stereocenters. The molecule has 594 valence electrons. The fourth-order valence-corrected chi connectivity index (χ4v) is 21.3. The molecule has 20 aromatic carbocycles. The van der Waals surface area contributed by atoms with E-state index < -0.39 is 10.8 Å². The molecule has 0 aliphatic heterocycles. The predicted molar refractivity (Wildman–Crippen MR) is 526 cm³/mol. The van der Waals surface area contributed by atoms with Gasteiger partial charge in [-0.05, 0) is 217 Å². The fourth-order valence-electron chi connectivity index (χ4n) is 21.3. The molecule has 1 unspecified atom stereocenters. The van der Waals surface area contributed by atoms with Gasteiger partial charge in [0.2, 0.25) is 0 Å². The topological polar surface area (TPSA) is 19.6 Å². The van der Waals surface area contributed by atoms with Crippen molar-refractivity contribution in [1.29, 1.82) is 0 Å². The zero-order valence-corrected chi connectivity index (χ0v) is 70.0. The second-order valence-electron chi connectivity index (χ2n) is 34.0. The van der Waals surface area contributed by atoms with Crippen LogP contribution in [-0.2, 0) is 16.2 Å². The largest absolute Gasteiger partial charge is 0.455 e. The molecule has 1 aromatic heterocycles. The standard InChI is InChI=1S/C70H49NO.C53H37N/c1-69(2)62-30-15-12-25-55(62)56-42-41-53(45-64(56)69)71(51-37-33-47(34-38-51)46-19-6-3-7-20-46)52-39-35-48(36-40-52)54-43-44-58(60-29-18-28-59-57-26-14-17-32-65(57)72-68(59)60)67-66(54)61-27-13-16-31-63(61)70(67,49-21-8-4-9-22-49)50-23-10-5-11-24-50;1-4-17-38(18-5-1)39-31-33-43(34-32-39)54(52-30-15-13-26-46(52)41-19-6-2-7-20-41)44-35-36-51-48(37-44)47-27-12-14-28-50(47)53(51,42-23-8-3-9-24-42)49-29-16-22-40-21-10-11-25-45(40)49/h3-45H,1-2H3;1-37H. The Morgan fingerprint density at radius 1 is 0.206 bits per heavy atom. The molecular formula is C123H86N2O. The summed E-state index contributed by atoms with van der Waals surface area (Å²) in [4.78, 5) is 4.85. The van der Waals surface area contributed by atoms with Crippen LogP contribution in [0.4, 0.5) is 34.1 Å². The summed E-state index contributed by atoms with van der Waals surface area (Å²) < 4.78 is 6.85. The first-order chi connectivity index (χ1) is 62.3. The van der Waals surface area contributed by atoms with E-state index in [1.807, 2.05) is 0 Å². The van der Waals surface area contributed by atoms with Gasteiger partial charge in [0.1, 0.15) is 11.2 Å². The van der Waals surface area contributed by atoms with Gasteiger partial charge in [-0.2, -0.15) is 0 Å². The van der Waals surface area contributed by atoms with E-state index >= 15 is 0 Å². The normalized spacial score (nSPS) is 14.0. The first kappa shape index (κ1) is 75.1. The molecule has 0 spiro atoms. The van der Waals surface area contributed by atoms with Crippen molar-refractivity contribution in [2.24, 2.45) is 0 Å². The molecule has 24 rings (SSSR count). The van der Waals surface area contributed by atoms with E-state index in [0.29, 0.717) is 0 Å². The van der Waals surface area contributed by atoms with Gasteiger partial charge in [-0.1, -0.05) is 426 Å². The van der Waals surface area contributed by atoms with Gasteiger partial charge < -0.3 is 14.2 Å². The van der Waals surface area contributed by atoms with Crippen LogP contribution in [0.2, 0.25) is 0 Å². The van der Waals surface area contributed by atoms with E-state index in [9.17, 15) is 0 Å². The maximum atomic E-state index is 6.85. The summed E-state index contributed by atoms with van der Waals surface area (Å²) in [6, 6.07) is 178. The van der Waals surface area contributed by atoms with E-state index in [1.54, 1.807) is 0 Å². The Labute approximate surface area is 736 Å². The maximum Gasteiger partial charge on any atom is 0.143 e. The molecule has 0 saturated heterocycles. The van der Waals surface area contributed by atoms with Crippen molar-refractivity contribution in [2.45, 2.75) is 30.1 Å². The Hall–Kier alpha value is -15.9. The van der Waals surface area contributed by atoms with Crippen LogP contribution in [0, 0.1) is 0 Å². The van der Waals surface area contributed by atoms with Crippen LogP contribution in [0.25, 0.3) is 122 Å². The molecular weight excluding hydrogens is 1520 g/mol. The average molecular weight is 1610 g/mol. The van der Waals surface area contributed by atoms with Crippen molar-refractivity contribution >= 4 is 66.8 Å². The summed E-state index contributed by atoms with van der Waals surface area (Å²) in [6.45, 7) is 4.72. The number of furan rings is 1. The summed E-state index contributed by atoms with van der Waals surface area (Å²) in [5, 5.41) is 4.76. The van der Waals surface area contributed by atoms with Crippen molar-refractivity contribution in [1.82, 2.24) is 0 Å². The summed E-state index contributed by atoms with van der Waals surface area (Å²) in [5.74, 6) is 0. The third-order valence-corrected chi connectivity index (χ3v) is 26.9. The fraction of sp³-hybridized carbons (Fsp3) is 0.0407. The first-order valence-electron chi connectivity index (χ1n) is 43.8. The highest BCUT2D eigenvalue weighted by Crippen LogP contribution is 2.63. The molecule has 0 saturated carbocycles. The van der Waals surface area contributed by atoms with Gasteiger partial charge in [0, 0.05) is 55.8 Å². The Balaban J connectivity index is 0.000000151. The van der Waals surface area contributed by atoms with E-state index in [0.717, 1.165) is 72.8 Å². The quantitative estimate of drug-likeness (QED) is 0.102. The van der Waals surface area contributed by atoms with Gasteiger partial charge in [-0.3, -0.25) is 0 Å². The van der Waals surface area contributed by atoms with Gasteiger partial charge in [0.05, 0.1) is 16.5 Å². The second-order valence-corrected chi connectivity index (χ2v) is 34.0. The third kappa shape index (κ3) is 12.2. The summed E-state index contributed by atoms with van der Waals surface area (Å²) in [7, 11) is 0. The first-order valence-corrected chi connectivity index (χ1v) is 43.8. The highest BCUT2D eigenvalue weighted by Gasteiger charge is 2.50. The van der Waals surface area contributed by atoms with Gasteiger partial charge >= 0.3 is 0 Å². The van der Waals surface area contributed by atoms with Crippen molar-refractivity contribution in [3.8, 4) is 89.0 Å². The molecule has 21 aromatic rings. The Bertz CT molecular complexity index is 7650. The molecule has 3 aliphatic rings. The monoisotopic (exact) mass is 1610 g/mol. The lowest BCUT2D eigenvalue weighted by Crippen LogP contribution is -2.29. The highest BCUT2D eigenvalue weighted by molar-refractivity contribution is 6.12. The number of anilines is 6. The predicted octanol–water partition coefficient (Wildman–Crippen LogP) is 32.7. The van der Waals surface area contributed by atoms with Crippen LogP contribution in [0.15, 0.2) is 490 Å². The van der Waals surface area contributed by atoms with Gasteiger partial charge in [-0.25, -0.2) is 0 Å². The van der Waals surface area contributed by atoms with Crippen LogP contribution in [-0.4, -0.2) is 0 Å². The Morgan fingerprint density at radius 3 is 1.21 bits per heavy atom. The molecule has 0 N–H and O–H groups in total. The van der Waals surface area contributed by atoms with Gasteiger partial charge in [-0.15, -0.1) is 0 Å². The lowest BCUT2D eigenvalue weighted by atomic mass is 9.66. The number of hydrogen-bond donors (Lipinski definition) is 0. The molecule has 0 bridgehead atoms. The summed E-state index contributed by atoms with van der Waals surface area (Å²) >= 11 is 0. The van der Waals surface area contributed by atoms with E-state index in [1.165, 1.54) is 139 Å². The lowest BCUT2D eigenvalue weighted by Gasteiger charge is -2.35. The summed E-state index contributed by atoms with van der Waals surface area (Å²) in [6.07, 6.45) is 0. The zero-order valence-electron chi connectivity index (χ0n) is 70.0. The minimum atomic E-state index is -0.641. The van der Waals surface area contributed by atoms with Crippen LogP contribution >= 0.6 is 0 Å². The van der Waals surface area contributed by atoms with Crippen LogP contribution in [0.3, 0.4) is 0 Å². The Morgan fingerprint density at radius 2 is 0.587 bits per heavy atom. The van der Waals surface area contributed by atoms with E-state index in [4.69, 9.17) is 4.42 Å². The van der Waals surface area contributed by atoms with Crippen LogP contribution < -0.4 is 9.80 Å². The van der Waals surface area contributed by atoms with Gasteiger partial charge in [0.25, 0.3) is 0 Å². The molecule has 0 amide bonds. The second kappa shape index (κ2) is 30.9. The van der Waals surface area contributed by atoms with E-state index in [2.05, 4.69) is 509 Å².